The Morgan fingerprint density at radius 3 is 2.82 bits per heavy atom. The standard InChI is InChI=1S/C7H15NO3/c1-3-8-4-5-11-6(2)7(9)10/h6,8H,3-5H2,1-2H3,(H,9,10). The van der Waals surface area contributed by atoms with Gasteiger partial charge in [0.1, 0.15) is 0 Å². The molecule has 0 rings (SSSR count). The van der Waals surface area contributed by atoms with Crippen molar-refractivity contribution in [3.05, 3.63) is 0 Å². The highest BCUT2D eigenvalue weighted by atomic mass is 16.5. The van der Waals surface area contributed by atoms with Crippen LogP contribution in [-0.2, 0) is 9.53 Å². The van der Waals surface area contributed by atoms with Crippen molar-refractivity contribution in [2.75, 3.05) is 19.7 Å². The highest BCUT2D eigenvalue weighted by Gasteiger charge is 2.09. The molecule has 11 heavy (non-hydrogen) atoms. The normalized spacial score (nSPS) is 12.9. The molecule has 0 amide bonds. The van der Waals surface area contributed by atoms with Crippen LogP contribution in [0.15, 0.2) is 0 Å². The molecule has 1 unspecified atom stereocenters. The molecule has 4 nitrogen and oxygen atoms in total. The van der Waals surface area contributed by atoms with Crippen molar-refractivity contribution in [3.8, 4) is 0 Å². The lowest BCUT2D eigenvalue weighted by Crippen LogP contribution is -2.25. The Hall–Kier alpha value is -0.610. The summed E-state index contributed by atoms with van der Waals surface area (Å²) in [7, 11) is 0. The van der Waals surface area contributed by atoms with Crippen molar-refractivity contribution in [3.63, 3.8) is 0 Å². The van der Waals surface area contributed by atoms with E-state index in [0.29, 0.717) is 13.2 Å². The first-order valence-corrected chi connectivity index (χ1v) is 3.73. The van der Waals surface area contributed by atoms with Gasteiger partial charge in [-0.2, -0.15) is 0 Å². The second-order valence-corrected chi connectivity index (χ2v) is 2.20. The predicted octanol–water partition coefficient (Wildman–Crippen LogP) is 0.0856. The molecule has 0 saturated carbocycles. The zero-order chi connectivity index (χ0) is 8.69. The van der Waals surface area contributed by atoms with E-state index in [1.165, 1.54) is 6.92 Å². The second-order valence-electron chi connectivity index (χ2n) is 2.20. The highest BCUT2D eigenvalue weighted by Crippen LogP contribution is 1.88. The topological polar surface area (TPSA) is 58.6 Å². The molecule has 0 spiro atoms. The zero-order valence-electron chi connectivity index (χ0n) is 6.96. The summed E-state index contributed by atoms with van der Waals surface area (Å²) in [5.41, 5.74) is 0. The van der Waals surface area contributed by atoms with Gasteiger partial charge in [0.2, 0.25) is 0 Å². The minimum Gasteiger partial charge on any atom is -0.479 e. The van der Waals surface area contributed by atoms with E-state index < -0.39 is 12.1 Å². The average molecular weight is 161 g/mol. The first kappa shape index (κ1) is 10.4. The fourth-order valence-electron chi connectivity index (χ4n) is 0.556. The summed E-state index contributed by atoms with van der Waals surface area (Å²) in [5.74, 6) is -0.915. The van der Waals surface area contributed by atoms with E-state index in [9.17, 15) is 4.79 Å². The van der Waals surface area contributed by atoms with Gasteiger partial charge in [-0.15, -0.1) is 0 Å². The first-order chi connectivity index (χ1) is 5.18. The third-order valence-electron chi connectivity index (χ3n) is 1.24. The molecule has 2 N–H and O–H groups in total. The first-order valence-electron chi connectivity index (χ1n) is 3.73. The van der Waals surface area contributed by atoms with Crippen LogP contribution in [-0.4, -0.2) is 36.9 Å². The summed E-state index contributed by atoms with van der Waals surface area (Å²) in [6.07, 6.45) is -0.700. The van der Waals surface area contributed by atoms with E-state index in [4.69, 9.17) is 9.84 Å². The number of ether oxygens (including phenoxy) is 1. The van der Waals surface area contributed by atoms with Gasteiger partial charge >= 0.3 is 5.97 Å². The molecule has 0 aromatic heterocycles. The molecule has 1 atom stereocenters. The molecule has 0 radical (unpaired) electrons. The van der Waals surface area contributed by atoms with Crippen LogP contribution in [0.5, 0.6) is 0 Å². The number of carboxylic acids is 1. The fraction of sp³-hybridized carbons (Fsp3) is 0.857. The zero-order valence-corrected chi connectivity index (χ0v) is 6.96. The van der Waals surface area contributed by atoms with Crippen LogP contribution in [0, 0.1) is 0 Å². The molecular formula is C7H15NO3. The molecule has 4 heteroatoms. The molecule has 0 aromatic carbocycles. The highest BCUT2D eigenvalue weighted by molar-refractivity contribution is 5.71. The Morgan fingerprint density at radius 1 is 1.73 bits per heavy atom. The van der Waals surface area contributed by atoms with E-state index >= 15 is 0 Å². The SMILES string of the molecule is CCNCCOC(C)C(=O)O. The van der Waals surface area contributed by atoms with Crippen molar-refractivity contribution in [1.82, 2.24) is 5.32 Å². The maximum absolute atomic E-state index is 10.2. The molecule has 66 valence electrons. The lowest BCUT2D eigenvalue weighted by atomic mass is 10.4. The van der Waals surface area contributed by atoms with Crippen LogP contribution in [0.1, 0.15) is 13.8 Å². The van der Waals surface area contributed by atoms with E-state index in [1.54, 1.807) is 0 Å². The van der Waals surface area contributed by atoms with Crippen molar-refractivity contribution in [1.29, 1.82) is 0 Å². The van der Waals surface area contributed by atoms with Crippen molar-refractivity contribution >= 4 is 5.97 Å². The number of carboxylic acid groups (broad SMARTS) is 1. The average Bonchev–Trinajstić information content (AvgIpc) is 1.97. The maximum atomic E-state index is 10.2. The quantitative estimate of drug-likeness (QED) is 0.542. The van der Waals surface area contributed by atoms with Gasteiger partial charge in [-0.3, -0.25) is 0 Å². The van der Waals surface area contributed by atoms with Crippen LogP contribution in [0.2, 0.25) is 0 Å². The van der Waals surface area contributed by atoms with E-state index in [-0.39, 0.29) is 0 Å². The number of rotatable bonds is 6. The summed E-state index contributed by atoms with van der Waals surface area (Å²) in [6, 6.07) is 0. The van der Waals surface area contributed by atoms with Crippen molar-refractivity contribution in [2.45, 2.75) is 20.0 Å². The van der Waals surface area contributed by atoms with Gasteiger partial charge in [0.15, 0.2) is 6.10 Å². The van der Waals surface area contributed by atoms with Crippen LogP contribution in [0.25, 0.3) is 0 Å². The molecule has 0 heterocycles. The van der Waals surface area contributed by atoms with Gasteiger partial charge in [0, 0.05) is 6.54 Å². The van der Waals surface area contributed by atoms with Gasteiger partial charge in [0.25, 0.3) is 0 Å². The summed E-state index contributed by atoms with van der Waals surface area (Å²) in [6.45, 7) is 5.54. The lowest BCUT2D eigenvalue weighted by molar-refractivity contribution is -0.148. The van der Waals surface area contributed by atoms with Crippen molar-refractivity contribution < 1.29 is 14.6 Å². The molecule has 0 fully saturated rings. The number of aliphatic carboxylic acids is 1. The Bertz CT molecular complexity index is 116. The summed E-state index contributed by atoms with van der Waals surface area (Å²) < 4.78 is 4.94. The Labute approximate surface area is 66.5 Å². The predicted molar refractivity (Wildman–Crippen MR) is 41.6 cm³/mol. The van der Waals surface area contributed by atoms with Crippen LogP contribution in [0.4, 0.5) is 0 Å². The largest absolute Gasteiger partial charge is 0.479 e. The third-order valence-corrected chi connectivity index (χ3v) is 1.24. The van der Waals surface area contributed by atoms with Gasteiger partial charge in [-0.1, -0.05) is 6.92 Å². The van der Waals surface area contributed by atoms with Crippen LogP contribution in [0.3, 0.4) is 0 Å². The number of hydrogen-bond donors (Lipinski definition) is 2. The number of nitrogens with one attached hydrogen (secondary N) is 1. The molecule has 0 aliphatic heterocycles. The van der Waals surface area contributed by atoms with E-state index in [0.717, 1.165) is 6.54 Å². The van der Waals surface area contributed by atoms with Gasteiger partial charge in [-0.05, 0) is 13.5 Å². The molecule has 0 aliphatic rings. The number of carbonyl (C=O) groups is 1. The van der Waals surface area contributed by atoms with Gasteiger partial charge < -0.3 is 15.2 Å². The Morgan fingerprint density at radius 2 is 2.36 bits per heavy atom. The van der Waals surface area contributed by atoms with Gasteiger partial charge in [-0.25, -0.2) is 4.79 Å². The van der Waals surface area contributed by atoms with E-state index in [1.807, 2.05) is 6.92 Å². The molecule has 0 bridgehead atoms. The summed E-state index contributed by atoms with van der Waals surface area (Å²) in [4.78, 5) is 10.2. The minimum absolute atomic E-state index is 0.446. The summed E-state index contributed by atoms with van der Waals surface area (Å²) >= 11 is 0. The lowest BCUT2D eigenvalue weighted by Gasteiger charge is -2.07. The summed E-state index contributed by atoms with van der Waals surface area (Å²) in [5, 5.41) is 11.4. The number of hydrogen-bond acceptors (Lipinski definition) is 3. The Balaban J connectivity index is 3.17. The molecule has 0 aromatic rings. The number of likely N-dealkylation sites (N-methyl/N-ethyl adjacent to an activating group) is 1. The minimum atomic E-state index is -0.915. The monoisotopic (exact) mass is 161 g/mol. The Kier molecular flexibility index (Phi) is 5.78. The molecule has 0 saturated heterocycles. The van der Waals surface area contributed by atoms with Crippen LogP contribution < -0.4 is 5.32 Å². The van der Waals surface area contributed by atoms with Crippen molar-refractivity contribution in [2.24, 2.45) is 0 Å². The van der Waals surface area contributed by atoms with E-state index in [2.05, 4.69) is 5.32 Å². The maximum Gasteiger partial charge on any atom is 0.332 e. The fourth-order valence-corrected chi connectivity index (χ4v) is 0.556. The third kappa shape index (κ3) is 5.82. The molecular weight excluding hydrogens is 146 g/mol. The van der Waals surface area contributed by atoms with Gasteiger partial charge in [0.05, 0.1) is 6.61 Å². The van der Waals surface area contributed by atoms with Crippen LogP contribution >= 0.6 is 0 Å². The smallest absolute Gasteiger partial charge is 0.332 e. The second kappa shape index (κ2) is 6.12. The molecule has 0 aliphatic carbocycles.